The number of pyridine rings is 1. The van der Waals surface area contributed by atoms with Crippen molar-refractivity contribution in [3.63, 3.8) is 0 Å². The molecule has 0 spiro atoms. The molecule has 0 aliphatic heterocycles. The molecule has 25 heavy (non-hydrogen) atoms. The molecule has 2 rings (SSSR count). The molecule has 0 bridgehead atoms. The van der Waals surface area contributed by atoms with E-state index in [4.69, 9.17) is 4.74 Å². The molecule has 2 aromatic rings. The van der Waals surface area contributed by atoms with Crippen LogP contribution in [0.15, 0.2) is 41.3 Å². The number of amides is 1. The summed E-state index contributed by atoms with van der Waals surface area (Å²) in [5.74, 6) is -0.808. The van der Waals surface area contributed by atoms with Crippen molar-refractivity contribution >= 4 is 11.6 Å². The van der Waals surface area contributed by atoms with E-state index in [1.165, 1.54) is 30.0 Å². The third kappa shape index (κ3) is 4.38. The van der Waals surface area contributed by atoms with Crippen molar-refractivity contribution in [3.8, 4) is 5.75 Å². The van der Waals surface area contributed by atoms with Crippen LogP contribution in [0.25, 0.3) is 0 Å². The van der Waals surface area contributed by atoms with Gasteiger partial charge in [0.05, 0.1) is 31.2 Å². The van der Waals surface area contributed by atoms with E-state index in [2.05, 4.69) is 5.32 Å². The number of carbonyl (C=O) groups is 1. The van der Waals surface area contributed by atoms with Crippen LogP contribution >= 0.6 is 0 Å². The van der Waals surface area contributed by atoms with E-state index in [1.54, 1.807) is 0 Å². The van der Waals surface area contributed by atoms with E-state index in [1.807, 2.05) is 0 Å². The SMILES string of the molecule is COc1cn(CC(=O)Nc2ccccc2C(F)(F)F)c(CO)cc1=O. The van der Waals surface area contributed by atoms with Gasteiger partial charge in [0.2, 0.25) is 11.3 Å². The number of aromatic nitrogens is 1. The molecule has 0 radical (unpaired) electrons. The molecule has 0 saturated carbocycles. The van der Waals surface area contributed by atoms with Crippen LogP contribution in [0.1, 0.15) is 11.3 Å². The van der Waals surface area contributed by atoms with E-state index < -0.39 is 36.2 Å². The molecule has 0 atom stereocenters. The van der Waals surface area contributed by atoms with Gasteiger partial charge in [-0.3, -0.25) is 9.59 Å². The van der Waals surface area contributed by atoms with E-state index in [0.717, 1.165) is 18.2 Å². The molecule has 9 heteroatoms. The summed E-state index contributed by atoms with van der Waals surface area (Å²) >= 11 is 0. The van der Waals surface area contributed by atoms with Crippen LogP contribution in [-0.2, 0) is 24.1 Å². The fraction of sp³-hybridized carbons (Fsp3) is 0.250. The number of nitrogens with one attached hydrogen (secondary N) is 1. The van der Waals surface area contributed by atoms with Crippen LogP contribution in [0.4, 0.5) is 18.9 Å². The van der Waals surface area contributed by atoms with Crippen LogP contribution in [0, 0.1) is 0 Å². The zero-order valence-electron chi connectivity index (χ0n) is 13.1. The lowest BCUT2D eigenvalue weighted by molar-refractivity contribution is -0.137. The van der Waals surface area contributed by atoms with Gasteiger partial charge in [0.1, 0.15) is 6.54 Å². The predicted octanol–water partition coefficient (Wildman–Crippen LogP) is 2.01. The van der Waals surface area contributed by atoms with Gasteiger partial charge in [0.15, 0.2) is 5.75 Å². The number of benzene rings is 1. The Kier molecular flexibility index (Phi) is 5.48. The highest BCUT2D eigenvalue weighted by molar-refractivity contribution is 5.91. The third-order valence-electron chi connectivity index (χ3n) is 3.38. The first-order valence-electron chi connectivity index (χ1n) is 7.10. The largest absolute Gasteiger partial charge is 0.491 e. The molecule has 2 N–H and O–H groups in total. The Morgan fingerprint density at radius 1 is 1.32 bits per heavy atom. The highest BCUT2D eigenvalue weighted by Gasteiger charge is 2.33. The average molecular weight is 356 g/mol. The third-order valence-corrected chi connectivity index (χ3v) is 3.38. The first-order chi connectivity index (χ1) is 11.8. The Balaban J connectivity index is 2.26. The summed E-state index contributed by atoms with van der Waals surface area (Å²) in [5.41, 5.74) is -1.70. The average Bonchev–Trinajstić information content (AvgIpc) is 2.55. The first-order valence-corrected chi connectivity index (χ1v) is 7.10. The van der Waals surface area contributed by atoms with Crippen LogP contribution in [0.2, 0.25) is 0 Å². The number of anilines is 1. The quantitative estimate of drug-likeness (QED) is 0.859. The highest BCUT2D eigenvalue weighted by atomic mass is 19.4. The zero-order chi connectivity index (χ0) is 18.6. The first kappa shape index (κ1) is 18.5. The molecular weight excluding hydrogens is 341 g/mol. The van der Waals surface area contributed by atoms with Gasteiger partial charge >= 0.3 is 6.18 Å². The lowest BCUT2D eigenvalue weighted by atomic mass is 10.1. The number of hydrogen-bond acceptors (Lipinski definition) is 4. The molecule has 1 aromatic heterocycles. The summed E-state index contributed by atoms with van der Waals surface area (Å²) in [5, 5.41) is 11.5. The van der Waals surface area contributed by atoms with Crippen molar-refractivity contribution in [2.24, 2.45) is 0 Å². The smallest absolute Gasteiger partial charge is 0.418 e. The standard InChI is InChI=1S/C16H15F3N2O4/c1-25-14-7-21(10(9-22)6-13(14)23)8-15(24)20-12-5-3-2-4-11(12)16(17,18)19/h2-7,22H,8-9H2,1H3,(H,20,24). The van der Waals surface area contributed by atoms with Crippen molar-refractivity contribution in [1.29, 1.82) is 0 Å². The minimum Gasteiger partial charge on any atom is -0.491 e. The van der Waals surface area contributed by atoms with Crippen molar-refractivity contribution in [1.82, 2.24) is 4.57 Å². The Morgan fingerprint density at radius 3 is 2.60 bits per heavy atom. The fourth-order valence-electron chi connectivity index (χ4n) is 2.21. The molecule has 0 unspecified atom stereocenters. The van der Waals surface area contributed by atoms with Crippen molar-refractivity contribution in [2.45, 2.75) is 19.3 Å². The molecule has 0 aliphatic rings. The predicted molar refractivity (Wildman–Crippen MR) is 83.3 cm³/mol. The number of aliphatic hydroxyl groups is 1. The van der Waals surface area contributed by atoms with Crippen LogP contribution in [-0.4, -0.2) is 22.7 Å². The van der Waals surface area contributed by atoms with Gasteiger partial charge in [0, 0.05) is 11.8 Å². The molecule has 1 aromatic carbocycles. The molecule has 1 amide bonds. The van der Waals surface area contributed by atoms with Crippen molar-refractivity contribution in [2.75, 3.05) is 12.4 Å². The number of carbonyl (C=O) groups excluding carboxylic acids is 1. The number of hydrogen-bond donors (Lipinski definition) is 2. The molecule has 0 fully saturated rings. The van der Waals surface area contributed by atoms with Crippen molar-refractivity contribution < 1.29 is 27.8 Å². The lowest BCUT2D eigenvalue weighted by Gasteiger charge is -2.16. The van der Waals surface area contributed by atoms with Gasteiger partial charge in [0.25, 0.3) is 0 Å². The van der Waals surface area contributed by atoms with E-state index in [9.17, 15) is 27.9 Å². The maximum atomic E-state index is 12.9. The Morgan fingerprint density at radius 2 is 2.00 bits per heavy atom. The number of halogens is 3. The Labute approximate surface area is 140 Å². The second-order valence-corrected chi connectivity index (χ2v) is 5.07. The minimum absolute atomic E-state index is 0.0549. The van der Waals surface area contributed by atoms with Crippen LogP contribution in [0.5, 0.6) is 5.75 Å². The number of alkyl halides is 3. The Hall–Kier alpha value is -2.81. The number of para-hydroxylation sites is 1. The summed E-state index contributed by atoms with van der Waals surface area (Å²) in [4.78, 5) is 23.8. The topological polar surface area (TPSA) is 80.6 Å². The number of nitrogens with zero attached hydrogens (tertiary/aromatic N) is 1. The van der Waals surface area contributed by atoms with Gasteiger partial charge in [-0.25, -0.2) is 0 Å². The maximum Gasteiger partial charge on any atom is 0.418 e. The monoisotopic (exact) mass is 356 g/mol. The highest BCUT2D eigenvalue weighted by Crippen LogP contribution is 2.34. The fourth-order valence-corrected chi connectivity index (χ4v) is 2.21. The van der Waals surface area contributed by atoms with Gasteiger partial charge in [-0.1, -0.05) is 12.1 Å². The molecule has 1 heterocycles. The van der Waals surface area contributed by atoms with Gasteiger partial charge in [-0.2, -0.15) is 13.2 Å². The molecule has 0 saturated heterocycles. The van der Waals surface area contributed by atoms with Crippen LogP contribution < -0.4 is 15.5 Å². The number of ether oxygens (including phenoxy) is 1. The summed E-state index contributed by atoms with van der Waals surface area (Å²) in [6, 6.07) is 5.67. The summed E-state index contributed by atoms with van der Waals surface area (Å²) < 4.78 is 44.9. The minimum atomic E-state index is -4.61. The molecular formula is C16H15F3N2O4. The number of aliphatic hydroxyl groups excluding tert-OH is 1. The number of rotatable bonds is 5. The van der Waals surface area contributed by atoms with Crippen molar-refractivity contribution in [3.05, 3.63) is 58.0 Å². The summed E-state index contributed by atoms with van der Waals surface area (Å²) in [6.45, 7) is -0.926. The second-order valence-electron chi connectivity index (χ2n) is 5.07. The zero-order valence-corrected chi connectivity index (χ0v) is 13.1. The van der Waals surface area contributed by atoms with Crippen LogP contribution in [0.3, 0.4) is 0 Å². The van der Waals surface area contributed by atoms with E-state index in [0.29, 0.717) is 0 Å². The van der Waals surface area contributed by atoms with Gasteiger partial charge in [-0.05, 0) is 12.1 Å². The molecule has 6 nitrogen and oxygen atoms in total. The lowest BCUT2D eigenvalue weighted by Crippen LogP contribution is -2.24. The maximum absolute atomic E-state index is 12.9. The summed E-state index contributed by atoms with van der Waals surface area (Å²) in [6.07, 6.45) is -3.40. The normalized spacial score (nSPS) is 11.2. The number of methoxy groups -OCH3 is 1. The van der Waals surface area contributed by atoms with E-state index in [-0.39, 0.29) is 17.1 Å². The molecule has 134 valence electrons. The van der Waals surface area contributed by atoms with E-state index >= 15 is 0 Å². The summed E-state index contributed by atoms with van der Waals surface area (Å²) in [7, 11) is 1.26. The molecule has 0 aliphatic carbocycles. The Bertz CT molecular complexity index is 831. The van der Waals surface area contributed by atoms with Gasteiger partial charge in [-0.15, -0.1) is 0 Å². The second kappa shape index (κ2) is 7.39. The van der Waals surface area contributed by atoms with Gasteiger partial charge < -0.3 is 19.7 Å².